The number of hydrogen-bond acceptors (Lipinski definition) is 7. The van der Waals surface area contributed by atoms with Gasteiger partial charge in [0.15, 0.2) is 23.2 Å². The smallest absolute Gasteiger partial charge is 0.342 e. The second kappa shape index (κ2) is 5.45. The van der Waals surface area contributed by atoms with E-state index in [0.717, 1.165) is 6.08 Å². The molecule has 7 nitrogen and oxygen atoms in total. The fourth-order valence-electron chi connectivity index (χ4n) is 1.73. The first-order valence-electron chi connectivity index (χ1n) is 6.11. The van der Waals surface area contributed by atoms with Crippen molar-refractivity contribution in [2.24, 2.45) is 0 Å². The topological polar surface area (TPSA) is 113 Å². The van der Waals surface area contributed by atoms with E-state index in [4.69, 9.17) is 9.84 Å². The van der Waals surface area contributed by atoms with E-state index < -0.39 is 23.6 Å². The number of aliphatic hydroxyl groups is 1. The first-order chi connectivity index (χ1) is 9.80. The van der Waals surface area contributed by atoms with Crippen molar-refractivity contribution in [2.75, 3.05) is 6.61 Å². The zero-order chi connectivity index (χ0) is 15.6. The zero-order valence-corrected chi connectivity index (χ0v) is 11.1. The van der Waals surface area contributed by atoms with E-state index in [-0.39, 0.29) is 18.1 Å². The molecule has 1 aliphatic heterocycles. The van der Waals surface area contributed by atoms with E-state index >= 15 is 0 Å². The van der Waals surface area contributed by atoms with Crippen LogP contribution in [0, 0.1) is 0 Å². The Labute approximate surface area is 120 Å². The number of hydrogen-bond donors (Lipinski definition) is 3. The van der Waals surface area contributed by atoms with Crippen LogP contribution in [0.5, 0.6) is 11.5 Å². The van der Waals surface area contributed by atoms with Crippen LogP contribution in [-0.4, -0.2) is 45.6 Å². The van der Waals surface area contributed by atoms with Crippen LogP contribution in [0.4, 0.5) is 0 Å². The molecule has 2 rings (SSSR count). The minimum atomic E-state index is -1.86. The van der Waals surface area contributed by atoms with Gasteiger partial charge in [-0.1, -0.05) is 6.07 Å². The van der Waals surface area contributed by atoms with Crippen LogP contribution < -0.4 is 0 Å². The summed E-state index contributed by atoms with van der Waals surface area (Å²) < 4.78 is 9.56. The lowest BCUT2D eigenvalue weighted by Gasteiger charge is -2.19. The molecule has 21 heavy (non-hydrogen) atoms. The van der Waals surface area contributed by atoms with E-state index in [0.29, 0.717) is 5.56 Å². The molecule has 112 valence electrons. The number of phenolic OH excluding ortho intramolecular Hbond substituents is 2. The quantitative estimate of drug-likeness (QED) is 0.418. The standard InChI is InChI=1S/C14H14O7/c1-14(19)11(7-20-13(14)18)21-12(17)5-3-8-2-4-9(15)10(16)6-8/h2-6,11,15-16,19H,7H2,1H3/b5-3+/t11-,14+/m1/s1. The van der Waals surface area contributed by atoms with Gasteiger partial charge in [-0.2, -0.15) is 0 Å². The van der Waals surface area contributed by atoms with E-state index in [1.165, 1.54) is 31.2 Å². The highest BCUT2D eigenvalue weighted by atomic mass is 16.6. The van der Waals surface area contributed by atoms with Gasteiger partial charge in [0.1, 0.15) is 6.61 Å². The molecule has 0 unspecified atom stereocenters. The molecule has 1 heterocycles. The number of phenols is 2. The summed E-state index contributed by atoms with van der Waals surface area (Å²) in [5, 5.41) is 28.2. The average molecular weight is 294 g/mol. The maximum atomic E-state index is 11.6. The third-order valence-corrected chi connectivity index (χ3v) is 3.08. The van der Waals surface area contributed by atoms with Crippen LogP contribution in [0.25, 0.3) is 6.08 Å². The normalized spacial score (nSPS) is 25.0. The molecule has 1 fully saturated rings. The van der Waals surface area contributed by atoms with Crippen LogP contribution >= 0.6 is 0 Å². The Morgan fingerprint density at radius 3 is 2.71 bits per heavy atom. The summed E-state index contributed by atoms with van der Waals surface area (Å²) in [6.07, 6.45) is 1.36. The summed E-state index contributed by atoms with van der Waals surface area (Å²) >= 11 is 0. The van der Waals surface area contributed by atoms with Crippen molar-refractivity contribution < 1.29 is 34.4 Å². The van der Waals surface area contributed by atoms with Gasteiger partial charge in [-0.15, -0.1) is 0 Å². The van der Waals surface area contributed by atoms with Crippen LogP contribution in [0.3, 0.4) is 0 Å². The molecule has 0 amide bonds. The number of benzene rings is 1. The van der Waals surface area contributed by atoms with Gasteiger partial charge < -0.3 is 24.8 Å². The third-order valence-electron chi connectivity index (χ3n) is 3.08. The van der Waals surface area contributed by atoms with Crippen molar-refractivity contribution >= 4 is 18.0 Å². The molecule has 1 saturated heterocycles. The largest absolute Gasteiger partial charge is 0.504 e. The molecule has 3 N–H and O–H groups in total. The van der Waals surface area contributed by atoms with Crippen LogP contribution in [-0.2, 0) is 19.1 Å². The zero-order valence-electron chi connectivity index (χ0n) is 11.1. The van der Waals surface area contributed by atoms with Gasteiger partial charge in [-0.25, -0.2) is 9.59 Å². The van der Waals surface area contributed by atoms with Crippen molar-refractivity contribution in [1.82, 2.24) is 0 Å². The summed E-state index contributed by atoms with van der Waals surface area (Å²) in [5.41, 5.74) is -1.40. The van der Waals surface area contributed by atoms with Gasteiger partial charge in [-0.3, -0.25) is 0 Å². The Morgan fingerprint density at radius 2 is 2.14 bits per heavy atom. The first kappa shape index (κ1) is 14.9. The van der Waals surface area contributed by atoms with Gasteiger partial charge in [0.2, 0.25) is 0 Å². The fourth-order valence-corrected chi connectivity index (χ4v) is 1.73. The molecule has 0 aromatic heterocycles. The van der Waals surface area contributed by atoms with Crippen LogP contribution in [0.2, 0.25) is 0 Å². The predicted octanol–water partition coefficient (Wildman–Crippen LogP) is 0.331. The molecular weight excluding hydrogens is 280 g/mol. The van der Waals surface area contributed by atoms with Gasteiger partial charge in [0.05, 0.1) is 0 Å². The Morgan fingerprint density at radius 1 is 1.43 bits per heavy atom. The molecular formula is C14H14O7. The van der Waals surface area contributed by atoms with Gasteiger partial charge in [-0.05, 0) is 30.7 Å². The lowest BCUT2D eigenvalue weighted by molar-refractivity contribution is -0.160. The highest BCUT2D eigenvalue weighted by Gasteiger charge is 2.49. The molecule has 1 aromatic rings. The summed E-state index contributed by atoms with van der Waals surface area (Å²) in [6, 6.07) is 4.02. The Hall–Kier alpha value is -2.54. The van der Waals surface area contributed by atoms with Crippen molar-refractivity contribution in [3.05, 3.63) is 29.8 Å². The van der Waals surface area contributed by atoms with Crippen LogP contribution in [0.1, 0.15) is 12.5 Å². The molecule has 0 saturated carbocycles. The molecule has 2 atom stereocenters. The Balaban J connectivity index is 2.00. The van der Waals surface area contributed by atoms with Crippen LogP contribution in [0.15, 0.2) is 24.3 Å². The maximum absolute atomic E-state index is 11.6. The number of ether oxygens (including phenoxy) is 2. The minimum absolute atomic E-state index is 0.203. The number of esters is 2. The van der Waals surface area contributed by atoms with Crippen molar-refractivity contribution in [1.29, 1.82) is 0 Å². The monoisotopic (exact) mass is 294 g/mol. The number of carbonyl (C=O) groups excluding carboxylic acids is 2. The van der Waals surface area contributed by atoms with Gasteiger partial charge in [0, 0.05) is 6.08 Å². The van der Waals surface area contributed by atoms with Crippen molar-refractivity contribution in [3.63, 3.8) is 0 Å². The number of cyclic esters (lactones) is 1. The molecule has 1 aromatic carbocycles. The predicted molar refractivity (Wildman–Crippen MR) is 70.3 cm³/mol. The summed E-state index contributed by atoms with van der Waals surface area (Å²) in [7, 11) is 0. The molecule has 1 aliphatic rings. The average Bonchev–Trinajstić information content (AvgIpc) is 2.67. The highest BCUT2D eigenvalue weighted by Crippen LogP contribution is 2.26. The maximum Gasteiger partial charge on any atom is 0.342 e. The lowest BCUT2D eigenvalue weighted by Crippen LogP contribution is -2.43. The van der Waals surface area contributed by atoms with Crippen molar-refractivity contribution in [3.8, 4) is 11.5 Å². The first-order valence-corrected chi connectivity index (χ1v) is 6.11. The van der Waals surface area contributed by atoms with Crippen molar-refractivity contribution in [2.45, 2.75) is 18.6 Å². The third kappa shape index (κ3) is 3.14. The minimum Gasteiger partial charge on any atom is -0.504 e. The second-order valence-corrected chi connectivity index (χ2v) is 4.75. The molecule has 0 aliphatic carbocycles. The summed E-state index contributed by atoms with van der Waals surface area (Å²) in [4.78, 5) is 22.8. The Bertz CT molecular complexity index is 603. The van der Waals surface area contributed by atoms with Gasteiger partial charge >= 0.3 is 11.9 Å². The fraction of sp³-hybridized carbons (Fsp3) is 0.286. The van der Waals surface area contributed by atoms with E-state index in [1.54, 1.807) is 0 Å². The van der Waals surface area contributed by atoms with Gasteiger partial charge in [0.25, 0.3) is 0 Å². The number of rotatable bonds is 3. The molecule has 0 spiro atoms. The number of carbonyl (C=O) groups is 2. The van der Waals surface area contributed by atoms with E-state index in [1.807, 2.05) is 0 Å². The SMILES string of the molecule is C[C@@]1(O)C(=O)OC[C@H]1OC(=O)/C=C/c1ccc(O)c(O)c1. The second-order valence-electron chi connectivity index (χ2n) is 4.75. The summed E-state index contributed by atoms with van der Waals surface area (Å²) in [5.74, 6) is -2.20. The molecule has 0 radical (unpaired) electrons. The number of aromatic hydroxyl groups is 2. The Kier molecular flexibility index (Phi) is 3.86. The lowest BCUT2D eigenvalue weighted by atomic mass is 10.0. The van der Waals surface area contributed by atoms with E-state index in [2.05, 4.69) is 4.74 Å². The summed E-state index contributed by atoms with van der Waals surface area (Å²) in [6.45, 7) is 1.01. The highest BCUT2D eigenvalue weighted by molar-refractivity contribution is 5.88. The molecule has 7 heteroatoms. The van der Waals surface area contributed by atoms with E-state index in [9.17, 15) is 19.8 Å². The molecule has 0 bridgehead atoms.